The molecule has 2 N–H and O–H groups in total. The molecular weight excluding hydrogens is 272 g/mol. The van der Waals surface area contributed by atoms with Gasteiger partial charge in [-0.1, -0.05) is 18.2 Å². The number of aromatic nitrogens is 4. The minimum atomic E-state index is -0.0903. The van der Waals surface area contributed by atoms with Crippen molar-refractivity contribution in [2.75, 3.05) is 0 Å². The summed E-state index contributed by atoms with van der Waals surface area (Å²) in [6.45, 7) is 1.83. The van der Waals surface area contributed by atoms with Gasteiger partial charge in [0.1, 0.15) is 0 Å². The fourth-order valence-electron chi connectivity index (χ4n) is 2.04. The van der Waals surface area contributed by atoms with Crippen LogP contribution < -0.4 is 5.43 Å². The molecule has 6 heteroatoms. The lowest BCUT2D eigenvalue weighted by Gasteiger charge is -2.06. The normalized spacial score (nSPS) is 10.7. The Hall–Kier alpha value is -2.47. The van der Waals surface area contributed by atoms with Crippen LogP contribution in [0, 0.1) is 11.7 Å². The second-order valence-corrected chi connectivity index (χ2v) is 4.80. The quantitative estimate of drug-likeness (QED) is 0.711. The van der Waals surface area contributed by atoms with Gasteiger partial charge in [-0.2, -0.15) is 5.10 Å². The highest BCUT2D eigenvalue weighted by Gasteiger charge is 2.13. The number of benzene rings is 1. The highest BCUT2D eigenvalue weighted by atomic mass is 32.1. The van der Waals surface area contributed by atoms with E-state index < -0.39 is 0 Å². The van der Waals surface area contributed by atoms with E-state index in [1.807, 2.05) is 37.3 Å². The second-order valence-electron chi connectivity index (χ2n) is 4.42. The van der Waals surface area contributed by atoms with Crippen LogP contribution in [0.3, 0.4) is 0 Å². The molecular formula is C14H12N4OS. The topological polar surface area (TPSA) is 66.5 Å². The predicted octanol–water partition coefficient (Wildman–Crippen LogP) is 2.59. The SMILES string of the molecule is Cc1cc(=O)c(-c2n[nH]c(=S)n2-c2ccccc2)c[nH]1. The van der Waals surface area contributed by atoms with Crippen LogP contribution in [-0.2, 0) is 0 Å². The number of aromatic amines is 2. The highest BCUT2D eigenvalue weighted by Crippen LogP contribution is 2.18. The summed E-state index contributed by atoms with van der Waals surface area (Å²) < 4.78 is 2.20. The van der Waals surface area contributed by atoms with Crippen LogP contribution in [-0.4, -0.2) is 19.7 Å². The van der Waals surface area contributed by atoms with E-state index in [2.05, 4.69) is 15.2 Å². The third-order valence-electron chi connectivity index (χ3n) is 2.98. The van der Waals surface area contributed by atoms with Gasteiger partial charge in [0.2, 0.25) is 0 Å². The Labute approximate surface area is 119 Å². The van der Waals surface area contributed by atoms with E-state index in [0.29, 0.717) is 16.2 Å². The Morgan fingerprint density at radius 2 is 2.00 bits per heavy atom. The molecule has 0 fully saturated rings. The zero-order valence-electron chi connectivity index (χ0n) is 10.8. The van der Waals surface area contributed by atoms with E-state index in [-0.39, 0.29) is 5.43 Å². The van der Waals surface area contributed by atoms with Crippen LogP contribution in [0.25, 0.3) is 17.1 Å². The summed E-state index contributed by atoms with van der Waals surface area (Å²) in [5, 5.41) is 6.92. The first-order valence-corrected chi connectivity index (χ1v) is 6.50. The average Bonchev–Trinajstić information content (AvgIpc) is 2.81. The van der Waals surface area contributed by atoms with Gasteiger partial charge in [-0.05, 0) is 31.3 Å². The number of nitrogens with zero attached hydrogens (tertiary/aromatic N) is 2. The van der Waals surface area contributed by atoms with E-state index in [9.17, 15) is 4.79 Å². The lowest BCUT2D eigenvalue weighted by Crippen LogP contribution is -2.09. The third-order valence-corrected chi connectivity index (χ3v) is 3.26. The number of H-pyrrole nitrogens is 2. The van der Waals surface area contributed by atoms with Crippen LogP contribution in [0.4, 0.5) is 0 Å². The number of nitrogens with one attached hydrogen (secondary N) is 2. The lowest BCUT2D eigenvalue weighted by atomic mass is 10.2. The van der Waals surface area contributed by atoms with Crippen molar-refractivity contribution in [1.29, 1.82) is 0 Å². The molecule has 5 nitrogen and oxygen atoms in total. The van der Waals surface area contributed by atoms with Gasteiger partial charge in [-0.25, -0.2) is 0 Å². The summed E-state index contributed by atoms with van der Waals surface area (Å²) in [6.07, 6.45) is 1.65. The molecule has 20 heavy (non-hydrogen) atoms. The smallest absolute Gasteiger partial charge is 0.200 e. The first-order valence-electron chi connectivity index (χ1n) is 6.09. The zero-order chi connectivity index (χ0) is 14.1. The van der Waals surface area contributed by atoms with Crippen molar-refractivity contribution < 1.29 is 0 Å². The van der Waals surface area contributed by atoms with E-state index in [1.165, 1.54) is 0 Å². The predicted molar refractivity (Wildman–Crippen MR) is 79.5 cm³/mol. The summed E-state index contributed by atoms with van der Waals surface area (Å²) in [5.41, 5.74) is 2.06. The van der Waals surface area contributed by atoms with E-state index >= 15 is 0 Å². The number of hydrogen-bond acceptors (Lipinski definition) is 3. The number of pyridine rings is 1. The Kier molecular flexibility index (Phi) is 3.08. The number of para-hydroxylation sites is 1. The first kappa shape index (κ1) is 12.6. The van der Waals surface area contributed by atoms with Crippen molar-refractivity contribution >= 4 is 12.2 Å². The molecule has 3 rings (SSSR count). The van der Waals surface area contributed by atoms with Gasteiger partial charge in [-0.3, -0.25) is 14.5 Å². The fourth-order valence-corrected chi connectivity index (χ4v) is 2.28. The lowest BCUT2D eigenvalue weighted by molar-refractivity contribution is 1.03. The van der Waals surface area contributed by atoms with Crippen molar-refractivity contribution in [2.45, 2.75) is 6.92 Å². The summed E-state index contributed by atoms with van der Waals surface area (Å²) in [6, 6.07) is 11.1. The van der Waals surface area contributed by atoms with Crippen molar-refractivity contribution in [2.24, 2.45) is 0 Å². The molecule has 0 amide bonds. The Morgan fingerprint density at radius 1 is 1.25 bits per heavy atom. The molecule has 0 aliphatic heterocycles. The third kappa shape index (κ3) is 2.10. The van der Waals surface area contributed by atoms with Crippen LogP contribution in [0.15, 0.2) is 47.4 Å². The molecule has 2 aromatic heterocycles. The summed E-state index contributed by atoms with van der Waals surface area (Å²) >= 11 is 5.26. The molecule has 0 spiro atoms. The summed E-state index contributed by atoms with van der Waals surface area (Å²) in [5.74, 6) is 0.502. The Morgan fingerprint density at radius 3 is 2.70 bits per heavy atom. The second kappa shape index (κ2) is 4.90. The van der Waals surface area contributed by atoms with Crippen LogP contribution >= 0.6 is 12.2 Å². The van der Waals surface area contributed by atoms with E-state index in [0.717, 1.165) is 11.4 Å². The van der Waals surface area contributed by atoms with Gasteiger partial charge in [0.25, 0.3) is 0 Å². The van der Waals surface area contributed by atoms with Gasteiger partial charge >= 0.3 is 0 Å². The summed E-state index contributed by atoms with van der Waals surface area (Å²) in [7, 11) is 0. The molecule has 0 saturated carbocycles. The van der Waals surface area contributed by atoms with Crippen molar-refractivity contribution in [3.05, 3.63) is 63.3 Å². The highest BCUT2D eigenvalue weighted by molar-refractivity contribution is 7.71. The summed E-state index contributed by atoms with van der Waals surface area (Å²) in [4.78, 5) is 15.1. The minimum absolute atomic E-state index is 0.0903. The number of aryl methyl sites for hydroxylation is 1. The van der Waals surface area contributed by atoms with Gasteiger partial charge in [0.15, 0.2) is 16.0 Å². The van der Waals surface area contributed by atoms with Crippen LogP contribution in [0.5, 0.6) is 0 Å². The standard InChI is InChI=1S/C14H12N4OS/c1-9-7-12(19)11(8-15-9)13-16-17-14(20)18(13)10-5-3-2-4-6-10/h2-8H,1H3,(H,15,19)(H,17,20). The zero-order valence-corrected chi connectivity index (χ0v) is 11.6. The van der Waals surface area contributed by atoms with Gasteiger partial charge < -0.3 is 4.98 Å². The minimum Gasteiger partial charge on any atom is -0.364 e. The van der Waals surface area contributed by atoms with Crippen molar-refractivity contribution in [3.63, 3.8) is 0 Å². The number of rotatable bonds is 2. The molecule has 0 aliphatic rings. The molecule has 2 heterocycles. The maximum atomic E-state index is 12.1. The monoisotopic (exact) mass is 284 g/mol. The van der Waals surface area contributed by atoms with Crippen molar-refractivity contribution in [1.82, 2.24) is 19.7 Å². The molecule has 0 bridgehead atoms. The van der Waals surface area contributed by atoms with Gasteiger partial charge in [-0.15, -0.1) is 0 Å². The molecule has 0 radical (unpaired) electrons. The molecule has 0 unspecified atom stereocenters. The first-order chi connectivity index (χ1) is 9.66. The van der Waals surface area contributed by atoms with E-state index in [1.54, 1.807) is 16.8 Å². The fraction of sp³-hybridized carbons (Fsp3) is 0.0714. The van der Waals surface area contributed by atoms with Gasteiger partial charge in [0.05, 0.1) is 5.56 Å². The van der Waals surface area contributed by atoms with Gasteiger partial charge in [0, 0.05) is 23.6 Å². The van der Waals surface area contributed by atoms with Crippen LogP contribution in [0.1, 0.15) is 5.69 Å². The maximum Gasteiger partial charge on any atom is 0.200 e. The molecule has 0 saturated heterocycles. The molecule has 100 valence electrons. The number of hydrogen-bond donors (Lipinski definition) is 2. The Balaban J connectivity index is 2.27. The van der Waals surface area contributed by atoms with E-state index in [4.69, 9.17) is 12.2 Å². The molecule has 1 aromatic carbocycles. The van der Waals surface area contributed by atoms with Crippen molar-refractivity contribution in [3.8, 4) is 17.1 Å². The maximum absolute atomic E-state index is 12.1. The molecule has 3 aromatic rings. The molecule has 0 atom stereocenters. The average molecular weight is 284 g/mol. The van der Waals surface area contributed by atoms with Crippen LogP contribution in [0.2, 0.25) is 0 Å². The Bertz CT molecular complexity index is 861. The largest absolute Gasteiger partial charge is 0.364 e. The molecule has 0 aliphatic carbocycles.